The van der Waals surface area contributed by atoms with E-state index < -0.39 is 17.9 Å². The largest absolute Gasteiger partial charge is 0.480 e. The Labute approximate surface area is 96.6 Å². The molecule has 1 aromatic rings. The monoisotopic (exact) mass is 243 g/mol. The number of carboxylic acid groups (broad SMARTS) is 1. The number of hydrogen-bond acceptors (Lipinski definition) is 3. The fourth-order valence-corrected chi connectivity index (χ4v) is 1.98. The van der Waals surface area contributed by atoms with Gasteiger partial charge in [0, 0.05) is 6.54 Å². The molecule has 1 atom stereocenters. The molecule has 86 valence electrons. The predicted octanol–water partition coefficient (Wildman–Crippen LogP) is 1.62. The topological polar surface area (TPSA) is 70.8 Å². The average Bonchev–Trinajstić information content (AvgIpc) is 2.84. The minimum absolute atomic E-state index is 0.0816. The summed E-state index contributed by atoms with van der Waals surface area (Å²) in [7, 11) is 0. The number of likely N-dealkylation sites (tertiary alicyclic amines) is 1. The molecule has 1 saturated heterocycles. The van der Waals surface area contributed by atoms with E-state index in [1.54, 1.807) is 0 Å². The maximum absolute atomic E-state index is 11.9. The lowest BCUT2D eigenvalue weighted by atomic mass is 10.2. The van der Waals surface area contributed by atoms with Crippen LogP contribution in [-0.2, 0) is 4.79 Å². The highest BCUT2D eigenvalue weighted by Gasteiger charge is 2.35. The zero-order valence-electron chi connectivity index (χ0n) is 8.35. The van der Waals surface area contributed by atoms with E-state index in [4.69, 9.17) is 21.1 Å². The van der Waals surface area contributed by atoms with Gasteiger partial charge >= 0.3 is 5.97 Å². The van der Waals surface area contributed by atoms with Gasteiger partial charge in [-0.2, -0.15) is 0 Å². The third kappa shape index (κ3) is 1.90. The second-order valence-corrected chi connectivity index (χ2v) is 3.97. The number of carbonyl (C=O) groups is 2. The lowest BCUT2D eigenvalue weighted by Gasteiger charge is -2.19. The van der Waals surface area contributed by atoms with Crippen LogP contribution in [-0.4, -0.2) is 34.5 Å². The summed E-state index contributed by atoms with van der Waals surface area (Å²) in [5, 5.41) is 9.05. The molecule has 1 aromatic heterocycles. The van der Waals surface area contributed by atoms with Crippen LogP contribution in [0.1, 0.15) is 23.4 Å². The zero-order valence-corrected chi connectivity index (χ0v) is 9.11. The first-order valence-corrected chi connectivity index (χ1v) is 5.26. The molecule has 6 heteroatoms. The smallest absolute Gasteiger partial charge is 0.326 e. The molecular formula is C10H10ClNO4. The Morgan fingerprint density at radius 3 is 2.81 bits per heavy atom. The summed E-state index contributed by atoms with van der Waals surface area (Å²) in [6.45, 7) is 0.439. The van der Waals surface area contributed by atoms with Crippen molar-refractivity contribution in [2.75, 3.05) is 6.54 Å². The molecule has 0 bridgehead atoms. The number of halogens is 1. The van der Waals surface area contributed by atoms with Crippen LogP contribution in [0.3, 0.4) is 0 Å². The van der Waals surface area contributed by atoms with Gasteiger partial charge in [0.25, 0.3) is 5.91 Å². The molecule has 1 amide bonds. The van der Waals surface area contributed by atoms with Crippen molar-refractivity contribution in [1.29, 1.82) is 0 Å². The van der Waals surface area contributed by atoms with Crippen LogP contribution in [0.2, 0.25) is 5.22 Å². The maximum atomic E-state index is 11.9. The Balaban J connectivity index is 2.18. The van der Waals surface area contributed by atoms with Crippen molar-refractivity contribution < 1.29 is 19.1 Å². The minimum Gasteiger partial charge on any atom is -0.480 e. The fraction of sp³-hybridized carbons (Fsp3) is 0.400. The van der Waals surface area contributed by atoms with Gasteiger partial charge in [0.2, 0.25) is 0 Å². The lowest BCUT2D eigenvalue weighted by molar-refractivity contribution is -0.141. The van der Waals surface area contributed by atoms with E-state index in [2.05, 4.69) is 0 Å². The van der Waals surface area contributed by atoms with E-state index in [0.29, 0.717) is 19.4 Å². The van der Waals surface area contributed by atoms with Crippen molar-refractivity contribution >= 4 is 23.5 Å². The first kappa shape index (κ1) is 11.0. The predicted molar refractivity (Wildman–Crippen MR) is 55.4 cm³/mol. The molecule has 16 heavy (non-hydrogen) atoms. The van der Waals surface area contributed by atoms with Gasteiger partial charge in [-0.1, -0.05) is 0 Å². The van der Waals surface area contributed by atoms with Crippen LogP contribution in [0.5, 0.6) is 0 Å². The molecule has 2 heterocycles. The number of nitrogens with zero attached hydrogens (tertiary/aromatic N) is 1. The summed E-state index contributed by atoms with van der Waals surface area (Å²) < 4.78 is 4.97. The molecule has 1 aliphatic rings. The third-order valence-electron chi connectivity index (χ3n) is 2.58. The van der Waals surface area contributed by atoms with Crippen molar-refractivity contribution in [2.45, 2.75) is 18.9 Å². The third-order valence-corrected chi connectivity index (χ3v) is 2.79. The number of hydrogen-bond donors (Lipinski definition) is 1. The molecule has 0 aromatic carbocycles. The van der Waals surface area contributed by atoms with E-state index in [0.717, 1.165) is 0 Å². The van der Waals surface area contributed by atoms with Crippen LogP contribution in [0.4, 0.5) is 0 Å². The zero-order chi connectivity index (χ0) is 11.7. The highest BCUT2D eigenvalue weighted by Crippen LogP contribution is 2.22. The highest BCUT2D eigenvalue weighted by atomic mass is 35.5. The molecule has 2 rings (SSSR count). The van der Waals surface area contributed by atoms with Crippen molar-refractivity contribution in [3.05, 3.63) is 23.1 Å². The lowest BCUT2D eigenvalue weighted by Crippen LogP contribution is -2.40. The molecule has 5 nitrogen and oxygen atoms in total. The van der Waals surface area contributed by atoms with E-state index in [1.165, 1.54) is 17.0 Å². The number of carboxylic acids is 1. The Morgan fingerprint density at radius 1 is 1.50 bits per heavy atom. The summed E-state index contributed by atoms with van der Waals surface area (Å²) >= 11 is 5.56. The SMILES string of the molecule is O=C(O)[C@H]1CCCN1C(=O)c1ccc(Cl)o1. The molecule has 0 radical (unpaired) electrons. The van der Waals surface area contributed by atoms with Gasteiger partial charge in [-0.3, -0.25) is 4.79 Å². The molecule has 0 aliphatic carbocycles. The van der Waals surface area contributed by atoms with E-state index in [1.807, 2.05) is 0 Å². The fourth-order valence-electron chi connectivity index (χ4n) is 1.84. The van der Waals surface area contributed by atoms with Gasteiger partial charge in [0.15, 0.2) is 11.0 Å². The Hall–Kier alpha value is -1.49. The van der Waals surface area contributed by atoms with E-state index >= 15 is 0 Å². The van der Waals surface area contributed by atoms with Gasteiger partial charge < -0.3 is 14.4 Å². The molecular weight excluding hydrogens is 234 g/mol. The standard InChI is InChI=1S/C10H10ClNO4/c11-8-4-3-7(16-8)9(13)12-5-1-2-6(12)10(14)15/h3-4,6H,1-2,5H2,(H,14,15)/t6-/m1/s1. The second kappa shape index (κ2) is 4.17. The molecule has 0 unspecified atom stereocenters. The molecule has 1 fully saturated rings. The number of furan rings is 1. The Bertz CT molecular complexity index is 428. The van der Waals surface area contributed by atoms with Crippen molar-refractivity contribution in [1.82, 2.24) is 4.90 Å². The Morgan fingerprint density at radius 2 is 2.25 bits per heavy atom. The van der Waals surface area contributed by atoms with Crippen LogP contribution < -0.4 is 0 Å². The quantitative estimate of drug-likeness (QED) is 0.857. The summed E-state index contributed by atoms with van der Waals surface area (Å²) in [6, 6.07) is 2.15. The summed E-state index contributed by atoms with van der Waals surface area (Å²) in [5.74, 6) is -1.32. The highest BCUT2D eigenvalue weighted by molar-refractivity contribution is 6.29. The van der Waals surface area contributed by atoms with E-state index in [9.17, 15) is 9.59 Å². The average molecular weight is 244 g/mol. The molecule has 1 N–H and O–H groups in total. The number of amides is 1. The Kier molecular flexibility index (Phi) is 2.87. The van der Waals surface area contributed by atoms with Crippen molar-refractivity contribution in [2.24, 2.45) is 0 Å². The van der Waals surface area contributed by atoms with Crippen LogP contribution >= 0.6 is 11.6 Å². The van der Waals surface area contributed by atoms with Gasteiger partial charge in [-0.05, 0) is 36.6 Å². The molecule has 1 aliphatic heterocycles. The molecule has 0 spiro atoms. The number of aliphatic carboxylic acids is 1. The van der Waals surface area contributed by atoms with Gasteiger partial charge in [0.1, 0.15) is 6.04 Å². The molecule has 0 saturated carbocycles. The van der Waals surface area contributed by atoms with Gasteiger partial charge in [-0.25, -0.2) is 4.79 Å². The van der Waals surface area contributed by atoms with Gasteiger partial charge in [-0.15, -0.1) is 0 Å². The maximum Gasteiger partial charge on any atom is 0.326 e. The number of rotatable bonds is 2. The number of carbonyl (C=O) groups excluding carboxylic acids is 1. The van der Waals surface area contributed by atoms with Gasteiger partial charge in [0.05, 0.1) is 0 Å². The second-order valence-electron chi connectivity index (χ2n) is 3.60. The minimum atomic E-state index is -0.983. The van der Waals surface area contributed by atoms with Crippen LogP contribution in [0.15, 0.2) is 16.5 Å². The first-order chi connectivity index (χ1) is 7.59. The summed E-state index contributed by atoms with van der Waals surface area (Å²) in [6.07, 6.45) is 1.17. The van der Waals surface area contributed by atoms with Crippen LogP contribution in [0, 0.1) is 0 Å². The van der Waals surface area contributed by atoms with Crippen molar-refractivity contribution in [3.63, 3.8) is 0 Å². The van der Waals surface area contributed by atoms with Crippen molar-refractivity contribution in [3.8, 4) is 0 Å². The van der Waals surface area contributed by atoms with E-state index in [-0.39, 0.29) is 11.0 Å². The van der Waals surface area contributed by atoms with Crippen LogP contribution in [0.25, 0.3) is 0 Å². The summed E-state index contributed by atoms with van der Waals surface area (Å²) in [5.41, 5.74) is 0. The first-order valence-electron chi connectivity index (χ1n) is 4.88. The normalized spacial score (nSPS) is 20.1. The summed E-state index contributed by atoms with van der Waals surface area (Å²) in [4.78, 5) is 24.1.